The first kappa shape index (κ1) is 29.2. The summed E-state index contributed by atoms with van der Waals surface area (Å²) >= 11 is 3.61. The number of aromatic nitrogens is 2. The maximum absolute atomic E-state index is 10.0. The molecule has 0 fully saturated rings. The van der Waals surface area contributed by atoms with Crippen LogP contribution in [0.4, 0.5) is 0 Å². The van der Waals surface area contributed by atoms with Crippen LogP contribution in [0.5, 0.6) is 0 Å². The van der Waals surface area contributed by atoms with Crippen molar-refractivity contribution in [3.63, 3.8) is 0 Å². The van der Waals surface area contributed by atoms with Gasteiger partial charge in [-0.1, -0.05) is 78.9 Å². The Morgan fingerprint density at radius 1 is 0.569 bits per heavy atom. The third kappa shape index (κ3) is 3.83. The Kier molecular flexibility index (Phi) is 6.12. The molecule has 3 nitrogen and oxygen atoms in total. The van der Waals surface area contributed by atoms with Crippen LogP contribution < -0.4 is 10.9 Å². The average molecular weight is 686 g/mol. The van der Waals surface area contributed by atoms with E-state index in [0.717, 1.165) is 11.1 Å². The summed E-state index contributed by atoms with van der Waals surface area (Å²) in [6.45, 7) is -0.0410. The molecule has 0 bridgehead atoms. The van der Waals surface area contributed by atoms with Crippen molar-refractivity contribution in [3.8, 4) is 45.1 Å². The highest BCUT2D eigenvalue weighted by atomic mass is 32.2. The summed E-state index contributed by atoms with van der Waals surface area (Å²) in [4.78, 5) is 2.54. The van der Waals surface area contributed by atoms with Gasteiger partial charge in [-0.25, -0.2) is 0 Å². The second-order valence-corrected chi connectivity index (χ2v) is 15.2. The lowest BCUT2D eigenvalue weighted by molar-refractivity contribution is 1.17. The quantitative estimate of drug-likeness (QED) is 0.137. The Labute approximate surface area is 304 Å². The van der Waals surface area contributed by atoms with Crippen molar-refractivity contribution >= 4 is 84.9 Å². The molecular formula is C45H28BN3S2. The number of fused-ring (bicyclic) bond motifs is 10. The summed E-state index contributed by atoms with van der Waals surface area (Å²) in [6.07, 6.45) is 4.35. The molecule has 0 amide bonds. The molecule has 2 aliphatic rings. The average Bonchev–Trinajstić information content (AvgIpc) is 3.71. The van der Waals surface area contributed by atoms with Crippen molar-refractivity contribution in [1.82, 2.24) is 9.05 Å². The number of hydrogen-bond donors (Lipinski definition) is 0. The highest BCUT2D eigenvalue weighted by Crippen LogP contribution is 2.49. The van der Waals surface area contributed by atoms with E-state index in [1.165, 1.54) is 92.3 Å². The summed E-state index contributed by atoms with van der Waals surface area (Å²) < 4.78 is 5.19. The van der Waals surface area contributed by atoms with Gasteiger partial charge in [0.05, 0.1) is 22.7 Å². The van der Waals surface area contributed by atoms with Crippen LogP contribution in [0.2, 0.25) is 0 Å². The van der Waals surface area contributed by atoms with Crippen molar-refractivity contribution in [2.45, 2.75) is 9.79 Å². The first-order valence-corrected chi connectivity index (χ1v) is 19.6. The van der Waals surface area contributed by atoms with Gasteiger partial charge in [-0.05, 0) is 106 Å². The highest BCUT2D eigenvalue weighted by Gasteiger charge is 2.43. The molecule has 0 atom stereocenters. The molecule has 0 radical (unpaired) electrons. The number of nitrogens with zero attached hydrogens (tertiary/aromatic N) is 3. The van der Waals surface area contributed by atoms with Crippen LogP contribution in [0, 0.1) is 11.3 Å². The van der Waals surface area contributed by atoms with Crippen molar-refractivity contribution in [1.29, 1.82) is 5.26 Å². The molecule has 238 valence electrons. The molecule has 4 heterocycles. The van der Waals surface area contributed by atoms with E-state index in [-0.39, 0.29) is 6.85 Å². The SMILES string of the molecule is CSc1ccc2c(c1)c1cc(SC)cc3c1n2-c1cc(-c2cccc(C#N)c2)c(-c2ccccc2)c2c1B3n1c3ccccc3c3cccc-2c31. The third-order valence-corrected chi connectivity index (χ3v) is 12.5. The Bertz CT molecular complexity index is 3020. The van der Waals surface area contributed by atoms with Crippen LogP contribution in [-0.2, 0) is 0 Å². The van der Waals surface area contributed by atoms with Gasteiger partial charge in [0.25, 0.3) is 0 Å². The summed E-state index contributed by atoms with van der Waals surface area (Å²) in [5, 5.41) is 15.2. The summed E-state index contributed by atoms with van der Waals surface area (Å²) in [7, 11) is 0. The topological polar surface area (TPSA) is 33.6 Å². The number of nitriles is 1. The van der Waals surface area contributed by atoms with Crippen LogP contribution in [0.3, 0.4) is 0 Å². The second kappa shape index (κ2) is 10.7. The minimum absolute atomic E-state index is 0.0410. The molecule has 0 N–H and O–H groups in total. The maximum Gasteiger partial charge on any atom is 0.333 e. The van der Waals surface area contributed by atoms with Gasteiger partial charge in [0, 0.05) is 53.6 Å². The van der Waals surface area contributed by atoms with E-state index in [1.54, 1.807) is 11.8 Å². The van der Waals surface area contributed by atoms with Crippen LogP contribution >= 0.6 is 23.5 Å². The van der Waals surface area contributed by atoms with Gasteiger partial charge < -0.3 is 9.05 Å². The molecule has 0 saturated carbocycles. The molecule has 11 rings (SSSR count). The maximum atomic E-state index is 10.0. The molecule has 51 heavy (non-hydrogen) atoms. The lowest BCUT2D eigenvalue weighted by atomic mass is 9.45. The molecule has 9 aromatic rings. The fourth-order valence-electron chi connectivity index (χ4n) is 9.09. The van der Waals surface area contributed by atoms with E-state index in [2.05, 4.69) is 143 Å². The standard InChI is InChI=1S/C45H28BN3S2/c1-50-29-18-19-38-35(21-29)36-22-30(51-2)23-37-45(36)48(38)40-24-34(28-13-8-10-26(20-28)25-47)41(27-11-4-3-5-12-27)42-33-16-9-15-32-31-14-6-7-17-39(31)49(44(32)33)46(37)43(40)42/h3-24H,1-2H3. The molecule has 0 unspecified atom stereocenters. The Balaban J connectivity index is 1.43. The number of thioether (sulfide) groups is 2. The predicted molar refractivity (Wildman–Crippen MR) is 219 cm³/mol. The Hall–Kier alpha value is -5.61. The van der Waals surface area contributed by atoms with E-state index in [4.69, 9.17) is 0 Å². The number of rotatable bonds is 4. The fourth-order valence-corrected chi connectivity index (χ4v) is 10.0. The van der Waals surface area contributed by atoms with Crippen molar-refractivity contribution in [2.75, 3.05) is 12.5 Å². The van der Waals surface area contributed by atoms with Crippen molar-refractivity contribution < 1.29 is 0 Å². The molecular weight excluding hydrogens is 657 g/mol. The minimum atomic E-state index is -0.0410. The Morgan fingerprint density at radius 2 is 1.33 bits per heavy atom. The van der Waals surface area contributed by atoms with E-state index in [1.807, 2.05) is 30.0 Å². The normalized spacial score (nSPS) is 12.6. The van der Waals surface area contributed by atoms with Crippen molar-refractivity contribution in [2.24, 2.45) is 0 Å². The van der Waals surface area contributed by atoms with Crippen molar-refractivity contribution in [3.05, 3.63) is 139 Å². The number of hydrogen-bond acceptors (Lipinski definition) is 3. The van der Waals surface area contributed by atoms with E-state index >= 15 is 0 Å². The first-order chi connectivity index (χ1) is 25.2. The molecule has 6 heteroatoms. The van der Waals surface area contributed by atoms with Gasteiger partial charge in [-0.3, -0.25) is 0 Å². The zero-order valence-electron chi connectivity index (χ0n) is 27.9. The number of para-hydroxylation sites is 2. The van der Waals surface area contributed by atoms with Gasteiger partial charge in [0.1, 0.15) is 0 Å². The van der Waals surface area contributed by atoms with Crippen LogP contribution in [0.15, 0.2) is 143 Å². The summed E-state index contributed by atoms with van der Waals surface area (Å²) in [5.41, 5.74) is 16.6. The van der Waals surface area contributed by atoms with Crippen LogP contribution in [0.25, 0.3) is 82.7 Å². The van der Waals surface area contributed by atoms with E-state index in [9.17, 15) is 5.26 Å². The Morgan fingerprint density at radius 3 is 2.18 bits per heavy atom. The lowest BCUT2D eigenvalue weighted by Gasteiger charge is -2.36. The van der Waals surface area contributed by atoms with E-state index < -0.39 is 0 Å². The van der Waals surface area contributed by atoms with E-state index in [0.29, 0.717) is 5.56 Å². The van der Waals surface area contributed by atoms with Gasteiger partial charge in [-0.15, -0.1) is 23.5 Å². The molecule has 0 spiro atoms. The largest absolute Gasteiger partial charge is 0.375 e. The highest BCUT2D eigenvalue weighted by molar-refractivity contribution is 7.98. The van der Waals surface area contributed by atoms with Crippen LogP contribution in [0.1, 0.15) is 5.56 Å². The smallest absolute Gasteiger partial charge is 0.333 e. The monoisotopic (exact) mass is 685 g/mol. The zero-order valence-corrected chi connectivity index (χ0v) is 29.6. The molecule has 0 saturated heterocycles. The third-order valence-electron chi connectivity index (χ3n) is 11.1. The van der Waals surface area contributed by atoms with Crippen LogP contribution in [-0.4, -0.2) is 28.4 Å². The lowest BCUT2D eigenvalue weighted by Crippen LogP contribution is -2.55. The van der Waals surface area contributed by atoms with Gasteiger partial charge in [0.2, 0.25) is 0 Å². The minimum Gasteiger partial charge on any atom is -0.375 e. The molecule has 7 aromatic carbocycles. The zero-order chi connectivity index (χ0) is 34.0. The predicted octanol–water partition coefficient (Wildman–Crippen LogP) is 10.5. The van der Waals surface area contributed by atoms with Gasteiger partial charge >= 0.3 is 6.85 Å². The van der Waals surface area contributed by atoms with Gasteiger partial charge in [-0.2, -0.15) is 5.26 Å². The molecule has 2 aliphatic heterocycles. The number of benzene rings is 7. The van der Waals surface area contributed by atoms with Gasteiger partial charge in [0.15, 0.2) is 0 Å². The first-order valence-electron chi connectivity index (χ1n) is 17.2. The summed E-state index contributed by atoms with van der Waals surface area (Å²) in [6, 6.07) is 51.4. The molecule has 2 aromatic heterocycles. The summed E-state index contributed by atoms with van der Waals surface area (Å²) in [5.74, 6) is 0. The molecule has 0 aliphatic carbocycles. The second-order valence-electron chi connectivity index (χ2n) is 13.5. The fraction of sp³-hybridized carbons (Fsp3) is 0.0444.